The van der Waals surface area contributed by atoms with Gasteiger partial charge in [0, 0.05) is 19.1 Å². The fourth-order valence-electron chi connectivity index (χ4n) is 3.48. The first kappa shape index (κ1) is 17.1. The molecule has 2 N–H and O–H groups in total. The van der Waals surface area contributed by atoms with Crippen molar-refractivity contribution in [3.8, 4) is 0 Å². The molecule has 0 saturated carbocycles. The molecule has 2 fully saturated rings. The lowest BCUT2D eigenvalue weighted by atomic mass is 9.85. The van der Waals surface area contributed by atoms with E-state index in [0.717, 1.165) is 51.3 Å². The average molecular weight is 331 g/mol. The summed E-state index contributed by atoms with van der Waals surface area (Å²) in [5, 5.41) is 6.36. The summed E-state index contributed by atoms with van der Waals surface area (Å²) in [4.78, 5) is 23.4. The van der Waals surface area contributed by atoms with E-state index in [-0.39, 0.29) is 11.9 Å². The Balaban J connectivity index is 1.59. The van der Waals surface area contributed by atoms with Crippen LogP contribution in [-0.2, 0) is 0 Å². The predicted molar refractivity (Wildman–Crippen MR) is 95.2 cm³/mol. The van der Waals surface area contributed by atoms with Crippen LogP contribution in [0.3, 0.4) is 0 Å². The zero-order valence-electron chi connectivity index (χ0n) is 14.8. The van der Waals surface area contributed by atoms with E-state index in [1.807, 2.05) is 0 Å². The quantitative estimate of drug-likeness (QED) is 0.886. The molecule has 2 aliphatic heterocycles. The van der Waals surface area contributed by atoms with Gasteiger partial charge >= 0.3 is 0 Å². The molecule has 0 spiro atoms. The van der Waals surface area contributed by atoms with Gasteiger partial charge in [-0.1, -0.05) is 13.8 Å². The van der Waals surface area contributed by atoms with Gasteiger partial charge in [-0.2, -0.15) is 0 Å². The second-order valence-electron chi connectivity index (χ2n) is 7.76. The molecule has 0 atom stereocenters. The second kappa shape index (κ2) is 7.47. The molecule has 0 aliphatic carbocycles. The van der Waals surface area contributed by atoms with Gasteiger partial charge in [-0.15, -0.1) is 0 Å². The van der Waals surface area contributed by atoms with Crippen LogP contribution in [0.25, 0.3) is 0 Å². The number of carbonyl (C=O) groups excluding carboxylic acids is 1. The van der Waals surface area contributed by atoms with Gasteiger partial charge in [0.25, 0.3) is 5.91 Å². The Morgan fingerprint density at radius 1 is 1.21 bits per heavy atom. The predicted octanol–water partition coefficient (Wildman–Crippen LogP) is 1.97. The van der Waals surface area contributed by atoms with Crippen molar-refractivity contribution in [2.75, 3.05) is 31.1 Å². The van der Waals surface area contributed by atoms with Crippen LogP contribution in [0.2, 0.25) is 0 Å². The van der Waals surface area contributed by atoms with E-state index in [9.17, 15) is 4.79 Å². The van der Waals surface area contributed by atoms with Gasteiger partial charge in [-0.25, -0.2) is 9.97 Å². The average Bonchev–Trinajstić information content (AvgIpc) is 2.76. The minimum atomic E-state index is -0.113. The van der Waals surface area contributed by atoms with Crippen molar-refractivity contribution in [2.45, 2.75) is 52.0 Å². The monoisotopic (exact) mass is 331 g/mol. The molecule has 2 saturated heterocycles. The van der Waals surface area contributed by atoms with Crippen molar-refractivity contribution >= 4 is 11.7 Å². The largest absolute Gasteiger partial charge is 0.355 e. The first-order valence-electron chi connectivity index (χ1n) is 9.12. The Hall–Kier alpha value is -1.69. The third kappa shape index (κ3) is 4.44. The number of piperidine rings is 1. The van der Waals surface area contributed by atoms with Gasteiger partial charge < -0.3 is 15.5 Å². The lowest BCUT2D eigenvalue weighted by molar-refractivity contribution is 0.0924. The lowest BCUT2D eigenvalue weighted by Gasteiger charge is -2.24. The van der Waals surface area contributed by atoms with Crippen molar-refractivity contribution in [1.29, 1.82) is 0 Å². The Morgan fingerprint density at radius 2 is 2.00 bits per heavy atom. The fourth-order valence-corrected chi connectivity index (χ4v) is 3.48. The Kier molecular flexibility index (Phi) is 5.33. The van der Waals surface area contributed by atoms with Crippen LogP contribution in [0, 0.1) is 5.41 Å². The van der Waals surface area contributed by atoms with Crippen LogP contribution < -0.4 is 15.5 Å². The van der Waals surface area contributed by atoms with E-state index in [2.05, 4.69) is 39.3 Å². The van der Waals surface area contributed by atoms with E-state index in [1.54, 1.807) is 12.4 Å². The Morgan fingerprint density at radius 3 is 2.71 bits per heavy atom. The normalized spacial score (nSPS) is 22.0. The van der Waals surface area contributed by atoms with Gasteiger partial charge in [0.05, 0.1) is 12.4 Å². The third-order valence-corrected chi connectivity index (χ3v) is 5.21. The first-order chi connectivity index (χ1) is 11.5. The number of amides is 1. The molecule has 0 aromatic carbocycles. The van der Waals surface area contributed by atoms with E-state index < -0.39 is 0 Å². The summed E-state index contributed by atoms with van der Waals surface area (Å²) in [5.74, 6) is 0.768. The summed E-state index contributed by atoms with van der Waals surface area (Å²) < 4.78 is 0. The number of nitrogens with one attached hydrogen (secondary N) is 2. The molecule has 0 radical (unpaired) electrons. The van der Waals surface area contributed by atoms with Crippen molar-refractivity contribution in [3.05, 3.63) is 18.1 Å². The van der Waals surface area contributed by atoms with Crippen molar-refractivity contribution in [2.24, 2.45) is 5.41 Å². The molecule has 6 nitrogen and oxygen atoms in total. The van der Waals surface area contributed by atoms with Crippen LogP contribution in [0.15, 0.2) is 12.4 Å². The standard InChI is InChI=1S/C18H29N5O/c1-18(2)6-3-10-23(11-7-18)16-13-20-15(12-21-16)17(24)22-14-4-8-19-9-5-14/h12-14,19H,3-11H2,1-2H3,(H,22,24). The summed E-state index contributed by atoms with van der Waals surface area (Å²) in [6.07, 6.45) is 8.88. The molecule has 2 aliphatic rings. The topological polar surface area (TPSA) is 70.2 Å². The highest BCUT2D eigenvalue weighted by Crippen LogP contribution is 2.30. The van der Waals surface area contributed by atoms with Crippen molar-refractivity contribution in [1.82, 2.24) is 20.6 Å². The number of aromatic nitrogens is 2. The maximum Gasteiger partial charge on any atom is 0.271 e. The van der Waals surface area contributed by atoms with Crippen LogP contribution in [-0.4, -0.2) is 48.1 Å². The van der Waals surface area contributed by atoms with Crippen LogP contribution in [0.4, 0.5) is 5.82 Å². The summed E-state index contributed by atoms with van der Waals surface area (Å²) in [5.41, 5.74) is 0.809. The molecule has 1 aromatic heterocycles. The van der Waals surface area contributed by atoms with Crippen molar-refractivity contribution in [3.63, 3.8) is 0 Å². The zero-order valence-corrected chi connectivity index (χ0v) is 14.8. The number of hydrogen-bond donors (Lipinski definition) is 2. The highest BCUT2D eigenvalue weighted by Gasteiger charge is 2.24. The Labute approximate surface area is 144 Å². The van der Waals surface area contributed by atoms with E-state index >= 15 is 0 Å². The van der Waals surface area contributed by atoms with Gasteiger partial charge in [0.1, 0.15) is 11.5 Å². The fraction of sp³-hybridized carbons (Fsp3) is 0.722. The number of carbonyl (C=O) groups is 1. The molecule has 1 amide bonds. The van der Waals surface area contributed by atoms with E-state index in [0.29, 0.717) is 11.1 Å². The molecule has 132 valence electrons. The highest BCUT2D eigenvalue weighted by molar-refractivity contribution is 5.92. The number of rotatable bonds is 3. The zero-order chi connectivity index (χ0) is 17.0. The second-order valence-corrected chi connectivity index (χ2v) is 7.76. The maximum absolute atomic E-state index is 12.3. The number of anilines is 1. The maximum atomic E-state index is 12.3. The molecule has 3 rings (SSSR count). The smallest absolute Gasteiger partial charge is 0.271 e. The Bertz CT molecular complexity index is 551. The molecular formula is C18H29N5O. The molecule has 0 unspecified atom stereocenters. The minimum Gasteiger partial charge on any atom is -0.355 e. The summed E-state index contributed by atoms with van der Waals surface area (Å²) >= 11 is 0. The van der Waals surface area contributed by atoms with Crippen LogP contribution >= 0.6 is 0 Å². The molecule has 1 aromatic rings. The highest BCUT2D eigenvalue weighted by atomic mass is 16.1. The van der Waals surface area contributed by atoms with E-state index in [4.69, 9.17) is 0 Å². The van der Waals surface area contributed by atoms with E-state index in [1.165, 1.54) is 12.8 Å². The van der Waals surface area contributed by atoms with Crippen LogP contribution in [0.5, 0.6) is 0 Å². The summed E-state index contributed by atoms with van der Waals surface area (Å²) in [6.45, 7) is 8.59. The number of nitrogens with zero attached hydrogens (tertiary/aromatic N) is 3. The summed E-state index contributed by atoms with van der Waals surface area (Å²) in [6, 6.07) is 0.244. The molecule has 3 heterocycles. The van der Waals surface area contributed by atoms with Crippen LogP contribution in [0.1, 0.15) is 56.4 Å². The van der Waals surface area contributed by atoms with Gasteiger partial charge in [0.2, 0.25) is 0 Å². The molecule has 24 heavy (non-hydrogen) atoms. The first-order valence-corrected chi connectivity index (χ1v) is 9.12. The SMILES string of the molecule is CC1(C)CCCN(c2cnc(C(=O)NC3CCNCC3)cn2)CC1. The molecular weight excluding hydrogens is 302 g/mol. The molecule has 0 bridgehead atoms. The van der Waals surface area contributed by atoms with Gasteiger partial charge in [-0.3, -0.25) is 4.79 Å². The van der Waals surface area contributed by atoms with Crippen molar-refractivity contribution < 1.29 is 4.79 Å². The van der Waals surface area contributed by atoms with Gasteiger partial charge in [-0.05, 0) is 50.6 Å². The number of hydrogen-bond acceptors (Lipinski definition) is 5. The lowest BCUT2D eigenvalue weighted by Crippen LogP contribution is -2.43. The summed E-state index contributed by atoms with van der Waals surface area (Å²) in [7, 11) is 0. The minimum absolute atomic E-state index is 0.113. The molecule has 6 heteroatoms. The van der Waals surface area contributed by atoms with Gasteiger partial charge in [0.15, 0.2) is 0 Å². The third-order valence-electron chi connectivity index (χ3n) is 5.21.